The van der Waals surface area contributed by atoms with Crippen molar-refractivity contribution in [2.45, 2.75) is 31.1 Å². The molecule has 1 unspecified atom stereocenters. The van der Waals surface area contributed by atoms with Gasteiger partial charge in [0, 0.05) is 11.8 Å². The molecule has 2 aromatic heterocycles. The minimum Gasteiger partial charge on any atom is -0.312 e. The number of nitrogens with zero attached hydrogens (tertiary/aromatic N) is 4. The van der Waals surface area contributed by atoms with Crippen LogP contribution < -0.4 is 10.6 Å². The fourth-order valence-corrected chi connectivity index (χ4v) is 3.53. The summed E-state index contributed by atoms with van der Waals surface area (Å²) in [6, 6.07) is 3.65. The summed E-state index contributed by atoms with van der Waals surface area (Å²) in [5.74, 6) is 1.11. The van der Waals surface area contributed by atoms with Gasteiger partial charge in [-0.3, -0.25) is 9.59 Å². The third-order valence-corrected chi connectivity index (χ3v) is 4.73. The summed E-state index contributed by atoms with van der Waals surface area (Å²) in [5, 5.41) is 22.7. The maximum atomic E-state index is 10.4. The van der Waals surface area contributed by atoms with Gasteiger partial charge in [-0.25, -0.2) is 0 Å². The summed E-state index contributed by atoms with van der Waals surface area (Å²) in [6.45, 7) is 0. The Hall–Kier alpha value is -2.42. The van der Waals surface area contributed by atoms with Crippen molar-refractivity contribution in [3.63, 3.8) is 0 Å². The van der Waals surface area contributed by atoms with E-state index in [1.54, 1.807) is 6.07 Å². The van der Waals surface area contributed by atoms with E-state index in [0.717, 1.165) is 30.0 Å². The van der Waals surface area contributed by atoms with Crippen molar-refractivity contribution in [1.29, 1.82) is 0 Å². The van der Waals surface area contributed by atoms with Crippen LogP contribution in [-0.2, 0) is 9.59 Å². The van der Waals surface area contributed by atoms with Crippen molar-refractivity contribution in [1.82, 2.24) is 20.4 Å². The first-order chi connectivity index (χ1) is 10.8. The molecule has 22 heavy (non-hydrogen) atoms. The van der Waals surface area contributed by atoms with Crippen LogP contribution in [0.3, 0.4) is 0 Å². The molecule has 0 saturated heterocycles. The quantitative estimate of drug-likeness (QED) is 0.781. The van der Waals surface area contributed by atoms with E-state index in [-0.39, 0.29) is 0 Å². The molecule has 9 heteroatoms. The highest BCUT2D eigenvalue weighted by Crippen LogP contribution is 2.44. The molecule has 0 radical (unpaired) electrons. The average Bonchev–Trinajstić information content (AvgIpc) is 3.18. The normalized spacial score (nSPS) is 20.5. The van der Waals surface area contributed by atoms with Crippen molar-refractivity contribution >= 4 is 35.1 Å². The first kappa shape index (κ1) is 14.5. The van der Waals surface area contributed by atoms with E-state index in [1.165, 1.54) is 11.3 Å². The lowest BCUT2D eigenvalue weighted by atomic mass is 10.0. The molecule has 0 bridgehead atoms. The van der Waals surface area contributed by atoms with Gasteiger partial charge in [0.15, 0.2) is 5.82 Å². The van der Waals surface area contributed by atoms with Crippen LogP contribution in [0.5, 0.6) is 0 Å². The van der Waals surface area contributed by atoms with Crippen LogP contribution in [0.15, 0.2) is 12.1 Å². The molecule has 2 amide bonds. The lowest BCUT2D eigenvalue weighted by Gasteiger charge is -2.08. The number of carbonyl (C=O) groups is 2. The van der Waals surface area contributed by atoms with E-state index in [2.05, 4.69) is 31.0 Å². The first-order valence-electron chi connectivity index (χ1n) is 6.87. The van der Waals surface area contributed by atoms with Crippen LogP contribution >= 0.6 is 11.3 Å². The van der Waals surface area contributed by atoms with Crippen LogP contribution in [0.25, 0.3) is 0 Å². The van der Waals surface area contributed by atoms with E-state index < -0.39 is 0 Å². The second kappa shape index (κ2) is 6.56. The van der Waals surface area contributed by atoms with Crippen LogP contribution in [0.1, 0.15) is 41.8 Å². The molecule has 114 valence electrons. The molecule has 0 aromatic carbocycles. The van der Waals surface area contributed by atoms with Crippen LogP contribution in [0, 0.1) is 0 Å². The Morgan fingerprint density at radius 2 is 1.82 bits per heavy atom. The molecule has 8 nitrogen and oxygen atoms in total. The second-order valence-corrected chi connectivity index (χ2v) is 6.03. The predicted molar refractivity (Wildman–Crippen MR) is 80.6 cm³/mol. The summed E-state index contributed by atoms with van der Waals surface area (Å²) in [4.78, 5) is 20.7. The maximum Gasteiger partial charge on any atom is 0.213 e. The molecule has 1 aliphatic rings. The summed E-state index contributed by atoms with van der Waals surface area (Å²) >= 11 is 1.41. The van der Waals surface area contributed by atoms with Gasteiger partial charge in [0.25, 0.3) is 0 Å². The van der Waals surface area contributed by atoms with Crippen molar-refractivity contribution in [2.24, 2.45) is 0 Å². The van der Waals surface area contributed by atoms with Crippen molar-refractivity contribution in [3.05, 3.63) is 22.8 Å². The number of carbonyl (C=O) groups excluding carboxylic acids is 2. The van der Waals surface area contributed by atoms with Crippen molar-refractivity contribution in [3.8, 4) is 0 Å². The van der Waals surface area contributed by atoms with Gasteiger partial charge in [-0.1, -0.05) is 11.3 Å². The van der Waals surface area contributed by atoms with Crippen LogP contribution in [-0.4, -0.2) is 33.2 Å². The first-order valence-corrected chi connectivity index (χ1v) is 7.69. The molecule has 1 saturated carbocycles. The predicted octanol–water partition coefficient (Wildman–Crippen LogP) is 1.52. The molecule has 2 N–H and O–H groups in total. The minimum absolute atomic E-state index is 0.328. The van der Waals surface area contributed by atoms with Gasteiger partial charge in [-0.2, -0.15) is 5.10 Å². The average molecular weight is 318 g/mol. The van der Waals surface area contributed by atoms with Gasteiger partial charge in [0.2, 0.25) is 18.0 Å². The molecule has 1 aliphatic carbocycles. The molecule has 0 aliphatic heterocycles. The number of hydrogen-bond donors (Lipinski definition) is 2. The third kappa shape index (κ3) is 3.08. The zero-order chi connectivity index (χ0) is 15.4. The molecule has 1 fully saturated rings. The second-order valence-electron chi connectivity index (χ2n) is 5.02. The smallest absolute Gasteiger partial charge is 0.213 e. The maximum absolute atomic E-state index is 10.4. The Morgan fingerprint density at radius 1 is 1.00 bits per heavy atom. The van der Waals surface area contributed by atoms with E-state index in [1.807, 2.05) is 6.07 Å². The monoisotopic (exact) mass is 318 g/mol. The van der Waals surface area contributed by atoms with Gasteiger partial charge < -0.3 is 10.6 Å². The third-order valence-electron chi connectivity index (χ3n) is 3.72. The highest BCUT2D eigenvalue weighted by molar-refractivity contribution is 7.15. The van der Waals surface area contributed by atoms with E-state index in [9.17, 15) is 9.59 Å². The Kier molecular flexibility index (Phi) is 4.33. The molecule has 2 atom stereocenters. The highest BCUT2D eigenvalue weighted by atomic mass is 32.1. The largest absolute Gasteiger partial charge is 0.312 e. The van der Waals surface area contributed by atoms with Gasteiger partial charge >= 0.3 is 0 Å². The molecular formula is C13H14N6O2S. The Bertz CT molecular complexity index is 659. The zero-order valence-electron chi connectivity index (χ0n) is 11.6. The Labute approximate surface area is 130 Å². The summed E-state index contributed by atoms with van der Waals surface area (Å²) in [6.07, 6.45) is 4.14. The lowest BCUT2D eigenvalue weighted by molar-refractivity contribution is -0.106. The van der Waals surface area contributed by atoms with Gasteiger partial charge in [-0.05, 0) is 31.4 Å². The van der Waals surface area contributed by atoms with Gasteiger partial charge in [0.1, 0.15) is 5.01 Å². The molecule has 2 heterocycles. The summed E-state index contributed by atoms with van der Waals surface area (Å²) < 4.78 is 0. The topological polar surface area (TPSA) is 110 Å². The number of hydrogen-bond acceptors (Lipinski definition) is 7. The van der Waals surface area contributed by atoms with Crippen LogP contribution in [0.2, 0.25) is 0 Å². The van der Waals surface area contributed by atoms with E-state index in [0.29, 0.717) is 35.6 Å². The van der Waals surface area contributed by atoms with E-state index >= 15 is 0 Å². The Balaban J connectivity index is 1.65. The fourth-order valence-electron chi connectivity index (χ4n) is 2.68. The number of anilines is 2. The van der Waals surface area contributed by atoms with Crippen molar-refractivity contribution < 1.29 is 9.59 Å². The number of amides is 2. The standard InChI is InChI=1S/C13H14N6O2S/c20-6-14-11-4-3-10(16-17-11)8-1-2-9(5-8)12-18-19-13(22-12)15-7-21/h3-4,6-9H,1-2,5H2,(H,14,17,20)(H,15,19,21)/t8?,9-/m1/s1. The zero-order valence-corrected chi connectivity index (χ0v) is 12.4. The molecule has 0 spiro atoms. The van der Waals surface area contributed by atoms with E-state index in [4.69, 9.17) is 0 Å². The SMILES string of the molecule is O=CNc1ccc(C2CC[C@@H](c3nnc(NC=O)s3)C2)nn1. The molecular weight excluding hydrogens is 304 g/mol. The Morgan fingerprint density at radius 3 is 2.55 bits per heavy atom. The number of aromatic nitrogens is 4. The van der Waals surface area contributed by atoms with Crippen molar-refractivity contribution in [2.75, 3.05) is 10.6 Å². The molecule has 3 rings (SSSR count). The highest BCUT2D eigenvalue weighted by Gasteiger charge is 2.30. The summed E-state index contributed by atoms with van der Waals surface area (Å²) in [5.41, 5.74) is 0.926. The van der Waals surface area contributed by atoms with Gasteiger partial charge in [-0.15, -0.1) is 15.3 Å². The van der Waals surface area contributed by atoms with Crippen LogP contribution in [0.4, 0.5) is 10.9 Å². The van der Waals surface area contributed by atoms with Gasteiger partial charge in [0.05, 0.1) is 5.69 Å². The number of nitrogens with one attached hydrogen (secondary N) is 2. The molecule has 2 aromatic rings. The number of rotatable bonds is 6. The lowest BCUT2D eigenvalue weighted by Crippen LogP contribution is -2.03. The summed E-state index contributed by atoms with van der Waals surface area (Å²) in [7, 11) is 0. The minimum atomic E-state index is 0.328. The fraction of sp³-hybridized carbons (Fsp3) is 0.385.